The highest BCUT2D eigenvalue weighted by Gasteiger charge is 2.34. The number of hydrogen-bond acceptors (Lipinski definition) is 6. The maximum atomic E-state index is 12.1. The normalized spacial score (nSPS) is 27.4. The van der Waals surface area contributed by atoms with Gasteiger partial charge >= 0.3 is 0 Å². The van der Waals surface area contributed by atoms with E-state index in [1.807, 2.05) is 4.90 Å². The molecule has 0 unspecified atom stereocenters. The van der Waals surface area contributed by atoms with E-state index in [0.29, 0.717) is 49.5 Å². The molecule has 0 aromatic heterocycles. The van der Waals surface area contributed by atoms with Crippen molar-refractivity contribution in [1.82, 2.24) is 9.80 Å². The van der Waals surface area contributed by atoms with Crippen molar-refractivity contribution in [2.24, 2.45) is 5.92 Å². The standard InChI is InChI=1S/C19H28N4O3/c24-13-21-8-10-23(11-9-21)17-16(18(25)19(17)26)20-12-14-4-3-7-22-6-2-1-5-15(14)22/h13-15,20H,1-12H2/t14-,15+/m0/s1. The number of hydrogen-bond donors (Lipinski definition) is 1. The summed E-state index contributed by atoms with van der Waals surface area (Å²) < 4.78 is 0. The number of fused-ring (bicyclic) bond motifs is 1. The van der Waals surface area contributed by atoms with Crippen LogP contribution < -0.4 is 21.1 Å². The van der Waals surface area contributed by atoms with Gasteiger partial charge in [0.15, 0.2) is 0 Å². The number of nitrogens with one attached hydrogen (secondary N) is 1. The van der Waals surface area contributed by atoms with Crippen LogP contribution in [0.2, 0.25) is 0 Å². The number of anilines is 2. The van der Waals surface area contributed by atoms with E-state index in [1.54, 1.807) is 4.90 Å². The molecular weight excluding hydrogens is 332 g/mol. The number of piperazine rings is 1. The van der Waals surface area contributed by atoms with Crippen molar-refractivity contribution in [3.05, 3.63) is 20.4 Å². The largest absolute Gasteiger partial charge is 0.380 e. The van der Waals surface area contributed by atoms with Gasteiger partial charge in [-0.1, -0.05) is 6.42 Å². The van der Waals surface area contributed by atoms with Crippen molar-refractivity contribution in [3.8, 4) is 0 Å². The number of nitrogens with zero attached hydrogens (tertiary/aromatic N) is 3. The summed E-state index contributed by atoms with van der Waals surface area (Å²) in [5, 5.41) is 3.33. The molecular formula is C19H28N4O3. The van der Waals surface area contributed by atoms with Gasteiger partial charge < -0.3 is 20.0 Å². The van der Waals surface area contributed by atoms with E-state index >= 15 is 0 Å². The van der Waals surface area contributed by atoms with Crippen LogP contribution in [0.1, 0.15) is 32.1 Å². The third-order valence-corrected chi connectivity index (χ3v) is 6.43. The molecule has 0 saturated carbocycles. The molecule has 1 amide bonds. The summed E-state index contributed by atoms with van der Waals surface area (Å²) in [6.45, 7) is 5.59. The summed E-state index contributed by atoms with van der Waals surface area (Å²) >= 11 is 0. The summed E-state index contributed by atoms with van der Waals surface area (Å²) in [5.74, 6) is 0.549. The lowest BCUT2D eigenvalue weighted by Gasteiger charge is -2.44. The maximum Gasteiger partial charge on any atom is 0.253 e. The van der Waals surface area contributed by atoms with Gasteiger partial charge in [0.25, 0.3) is 10.9 Å². The second-order valence-electron chi connectivity index (χ2n) is 7.89. The first kappa shape index (κ1) is 17.5. The van der Waals surface area contributed by atoms with Gasteiger partial charge in [-0.2, -0.15) is 0 Å². The molecule has 142 valence electrons. The lowest BCUT2D eigenvalue weighted by molar-refractivity contribution is -0.118. The molecule has 1 N–H and O–H groups in total. The Bertz CT molecular complexity index is 717. The Morgan fingerprint density at radius 1 is 0.923 bits per heavy atom. The molecule has 3 aliphatic heterocycles. The fraction of sp³-hybridized carbons (Fsp3) is 0.737. The first-order valence-electron chi connectivity index (χ1n) is 9.94. The minimum atomic E-state index is -0.380. The molecule has 7 nitrogen and oxygen atoms in total. The van der Waals surface area contributed by atoms with Crippen LogP contribution in [0.5, 0.6) is 0 Å². The average Bonchev–Trinajstić information content (AvgIpc) is 2.70. The smallest absolute Gasteiger partial charge is 0.253 e. The van der Waals surface area contributed by atoms with Crippen LogP contribution in [0.3, 0.4) is 0 Å². The second kappa shape index (κ2) is 7.39. The molecule has 3 heterocycles. The Morgan fingerprint density at radius 2 is 1.69 bits per heavy atom. The van der Waals surface area contributed by atoms with Gasteiger partial charge in [-0.3, -0.25) is 14.4 Å². The molecule has 1 aromatic rings. The molecule has 2 atom stereocenters. The zero-order valence-electron chi connectivity index (χ0n) is 15.3. The molecule has 1 aromatic carbocycles. The minimum absolute atomic E-state index is 0.380. The summed E-state index contributed by atoms with van der Waals surface area (Å²) in [5.41, 5.74) is 0.281. The molecule has 0 radical (unpaired) electrons. The highest BCUT2D eigenvalue weighted by molar-refractivity contribution is 5.75. The quantitative estimate of drug-likeness (QED) is 0.599. The Kier molecular flexibility index (Phi) is 4.98. The van der Waals surface area contributed by atoms with E-state index in [-0.39, 0.29) is 10.9 Å². The minimum Gasteiger partial charge on any atom is -0.380 e. The molecule has 7 heteroatoms. The monoisotopic (exact) mass is 360 g/mol. The third-order valence-electron chi connectivity index (χ3n) is 6.43. The summed E-state index contributed by atoms with van der Waals surface area (Å²) in [7, 11) is 0. The van der Waals surface area contributed by atoms with Crippen LogP contribution in [-0.4, -0.2) is 68.1 Å². The van der Waals surface area contributed by atoms with Crippen molar-refractivity contribution in [3.63, 3.8) is 0 Å². The Labute approximate surface area is 153 Å². The number of piperidine rings is 2. The van der Waals surface area contributed by atoms with Crippen molar-refractivity contribution in [1.29, 1.82) is 0 Å². The Balaban J connectivity index is 1.41. The number of rotatable bonds is 5. The highest BCUT2D eigenvalue weighted by Crippen LogP contribution is 2.31. The van der Waals surface area contributed by atoms with Gasteiger partial charge in [-0.25, -0.2) is 0 Å². The van der Waals surface area contributed by atoms with E-state index < -0.39 is 0 Å². The fourth-order valence-electron chi connectivity index (χ4n) is 4.94. The van der Waals surface area contributed by atoms with Crippen molar-refractivity contribution >= 4 is 17.8 Å². The van der Waals surface area contributed by atoms with Crippen LogP contribution in [-0.2, 0) is 4.79 Å². The van der Waals surface area contributed by atoms with E-state index in [9.17, 15) is 14.4 Å². The second-order valence-corrected chi connectivity index (χ2v) is 7.89. The molecule has 4 rings (SSSR count). The molecule has 3 saturated heterocycles. The molecule has 0 spiro atoms. The number of carbonyl (C=O) groups is 1. The predicted octanol–water partition coefficient (Wildman–Crippen LogP) is 0.237. The Hall–Kier alpha value is -1.89. The Morgan fingerprint density at radius 3 is 2.46 bits per heavy atom. The van der Waals surface area contributed by atoms with Crippen LogP contribution in [0.25, 0.3) is 0 Å². The summed E-state index contributed by atoms with van der Waals surface area (Å²) in [6, 6.07) is 0.621. The molecule has 0 bridgehead atoms. The summed E-state index contributed by atoms with van der Waals surface area (Å²) in [6.07, 6.45) is 7.10. The third kappa shape index (κ3) is 3.13. The molecule has 3 aliphatic rings. The van der Waals surface area contributed by atoms with Gasteiger partial charge in [-0.15, -0.1) is 0 Å². The zero-order chi connectivity index (χ0) is 18.1. The SMILES string of the molecule is O=CN1CCN(c2c(NC[C@@H]3CCCN4CCCC[C@H]34)c(=O)c2=O)CC1. The highest BCUT2D eigenvalue weighted by atomic mass is 16.2. The van der Waals surface area contributed by atoms with E-state index in [2.05, 4.69) is 10.2 Å². The van der Waals surface area contributed by atoms with E-state index in [4.69, 9.17) is 0 Å². The van der Waals surface area contributed by atoms with Gasteiger partial charge in [0.1, 0.15) is 11.4 Å². The van der Waals surface area contributed by atoms with E-state index in [0.717, 1.165) is 13.0 Å². The van der Waals surface area contributed by atoms with Crippen LogP contribution in [0.15, 0.2) is 9.59 Å². The van der Waals surface area contributed by atoms with Crippen LogP contribution in [0.4, 0.5) is 11.4 Å². The first-order valence-corrected chi connectivity index (χ1v) is 9.94. The topological polar surface area (TPSA) is 73.0 Å². The zero-order valence-corrected chi connectivity index (χ0v) is 15.3. The molecule has 0 aliphatic carbocycles. The number of amides is 1. The van der Waals surface area contributed by atoms with Crippen molar-refractivity contribution in [2.45, 2.75) is 38.1 Å². The van der Waals surface area contributed by atoms with Gasteiger partial charge in [-0.05, 0) is 44.7 Å². The van der Waals surface area contributed by atoms with Gasteiger partial charge in [0, 0.05) is 38.8 Å². The van der Waals surface area contributed by atoms with Gasteiger partial charge in [0.05, 0.1) is 0 Å². The van der Waals surface area contributed by atoms with Crippen LogP contribution in [0, 0.1) is 5.92 Å². The summed E-state index contributed by atoms with van der Waals surface area (Å²) in [4.78, 5) is 41.4. The van der Waals surface area contributed by atoms with Gasteiger partial charge in [0.2, 0.25) is 6.41 Å². The van der Waals surface area contributed by atoms with Crippen molar-refractivity contribution < 1.29 is 4.79 Å². The van der Waals surface area contributed by atoms with Crippen LogP contribution >= 0.6 is 0 Å². The lowest BCUT2D eigenvalue weighted by Crippen LogP contribution is -2.52. The fourth-order valence-corrected chi connectivity index (χ4v) is 4.94. The maximum absolute atomic E-state index is 12.1. The van der Waals surface area contributed by atoms with Crippen molar-refractivity contribution in [2.75, 3.05) is 56.0 Å². The van der Waals surface area contributed by atoms with E-state index in [1.165, 1.54) is 45.2 Å². The number of carbonyl (C=O) groups excluding carboxylic acids is 1. The molecule has 3 fully saturated rings. The molecule has 26 heavy (non-hydrogen) atoms. The average molecular weight is 360 g/mol. The lowest BCUT2D eigenvalue weighted by atomic mass is 9.83. The predicted molar refractivity (Wildman–Crippen MR) is 102 cm³/mol. The first-order chi connectivity index (χ1) is 12.7.